The molecule has 0 spiro atoms. The van der Waals surface area contributed by atoms with Gasteiger partial charge in [-0.15, -0.1) is 0 Å². The molecule has 0 fully saturated rings. The lowest BCUT2D eigenvalue weighted by atomic mass is 10.2. The summed E-state index contributed by atoms with van der Waals surface area (Å²) >= 11 is 0. The summed E-state index contributed by atoms with van der Waals surface area (Å²) < 4.78 is 13.7. The van der Waals surface area contributed by atoms with Crippen LogP contribution in [-0.2, 0) is 6.54 Å². The van der Waals surface area contributed by atoms with Gasteiger partial charge in [0.2, 0.25) is 0 Å². The molecule has 1 heterocycles. The second kappa shape index (κ2) is 8.06. The van der Waals surface area contributed by atoms with Crippen molar-refractivity contribution in [3.05, 3.63) is 83.1 Å². The third-order valence-electron chi connectivity index (χ3n) is 3.76. The van der Waals surface area contributed by atoms with Gasteiger partial charge in [0.05, 0.1) is 11.6 Å². The van der Waals surface area contributed by atoms with Gasteiger partial charge in [0.25, 0.3) is 5.91 Å². The van der Waals surface area contributed by atoms with E-state index in [1.807, 2.05) is 6.07 Å². The van der Waals surface area contributed by atoms with Crippen LogP contribution in [0, 0.1) is 24.1 Å². The number of hydrogen-bond donors (Lipinski definition) is 2. The maximum Gasteiger partial charge on any atom is 0.274 e. The van der Waals surface area contributed by atoms with Crippen molar-refractivity contribution < 1.29 is 9.18 Å². The van der Waals surface area contributed by atoms with Crippen LogP contribution in [0.25, 0.3) is 0 Å². The second-order valence-electron chi connectivity index (χ2n) is 5.77. The van der Waals surface area contributed by atoms with E-state index >= 15 is 0 Å². The van der Waals surface area contributed by atoms with Gasteiger partial charge >= 0.3 is 0 Å². The lowest BCUT2D eigenvalue weighted by Gasteiger charge is -2.10. The molecule has 0 aliphatic carbocycles. The summed E-state index contributed by atoms with van der Waals surface area (Å²) in [5, 5.41) is 14.5. The largest absolute Gasteiger partial charge is 0.366 e. The number of hydrogen-bond acceptors (Lipinski definition) is 5. The van der Waals surface area contributed by atoms with Gasteiger partial charge in [-0.1, -0.05) is 18.2 Å². The van der Waals surface area contributed by atoms with Crippen molar-refractivity contribution in [1.29, 1.82) is 5.26 Å². The van der Waals surface area contributed by atoms with Crippen LogP contribution < -0.4 is 10.6 Å². The average molecular weight is 361 g/mol. The Bertz CT molecular complexity index is 1010. The van der Waals surface area contributed by atoms with E-state index in [4.69, 9.17) is 5.26 Å². The van der Waals surface area contributed by atoms with E-state index in [1.165, 1.54) is 12.1 Å². The van der Waals surface area contributed by atoms with Crippen molar-refractivity contribution in [3.8, 4) is 6.07 Å². The molecule has 0 saturated carbocycles. The molecule has 0 saturated heterocycles. The van der Waals surface area contributed by atoms with E-state index in [1.54, 1.807) is 49.4 Å². The Kier molecular flexibility index (Phi) is 5.38. The Hall–Kier alpha value is -3.79. The zero-order valence-electron chi connectivity index (χ0n) is 14.5. The van der Waals surface area contributed by atoms with E-state index in [2.05, 4.69) is 20.6 Å². The van der Waals surface area contributed by atoms with Crippen LogP contribution >= 0.6 is 0 Å². The molecule has 3 aromatic rings. The van der Waals surface area contributed by atoms with Crippen molar-refractivity contribution in [2.45, 2.75) is 13.5 Å². The molecule has 2 aromatic carbocycles. The molecule has 0 aliphatic rings. The Labute approximate surface area is 155 Å². The van der Waals surface area contributed by atoms with Gasteiger partial charge < -0.3 is 10.6 Å². The van der Waals surface area contributed by atoms with Crippen LogP contribution in [0.2, 0.25) is 0 Å². The number of rotatable bonds is 5. The van der Waals surface area contributed by atoms with E-state index < -0.39 is 5.91 Å². The zero-order chi connectivity index (χ0) is 19.2. The number of carbonyl (C=O) groups is 1. The SMILES string of the molecule is Cc1nc(NCc2ccccc2F)cc(C(=O)Nc2ccc(C#N)cc2)n1. The summed E-state index contributed by atoms with van der Waals surface area (Å²) in [6.45, 7) is 1.91. The lowest BCUT2D eigenvalue weighted by Crippen LogP contribution is -2.16. The van der Waals surface area contributed by atoms with Crippen molar-refractivity contribution in [2.24, 2.45) is 0 Å². The number of nitriles is 1. The molecule has 0 unspecified atom stereocenters. The van der Waals surface area contributed by atoms with Crippen molar-refractivity contribution >= 4 is 17.4 Å². The predicted octanol–water partition coefficient (Wildman–Crippen LogP) is 3.66. The normalized spacial score (nSPS) is 10.1. The fourth-order valence-electron chi connectivity index (χ4n) is 2.43. The molecule has 0 aliphatic heterocycles. The van der Waals surface area contributed by atoms with Crippen molar-refractivity contribution in [2.75, 3.05) is 10.6 Å². The van der Waals surface area contributed by atoms with Gasteiger partial charge in [-0.3, -0.25) is 4.79 Å². The highest BCUT2D eigenvalue weighted by atomic mass is 19.1. The summed E-state index contributed by atoms with van der Waals surface area (Å²) in [7, 11) is 0. The molecule has 27 heavy (non-hydrogen) atoms. The highest BCUT2D eigenvalue weighted by Crippen LogP contribution is 2.14. The maximum absolute atomic E-state index is 13.7. The summed E-state index contributed by atoms with van der Waals surface area (Å²) in [6.07, 6.45) is 0. The minimum atomic E-state index is -0.404. The minimum absolute atomic E-state index is 0.183. The lowest BCUT2D eigenvalue weighted by molar-refractivity contribution is 0.102. The van der Waals surface area contributed by atoms with Crippen molar-refractivity contribution in [1.82, 2.24) is 9.97 Å². The Morgan fingerprint density at radius 1 is 1.15 bits per heavy atom. The van der Waals surface area contributed by atoms with E-state index in [-0.39, 0.29) is 18.1 Å². The third kappa shape index (κ3) is 4.64. The monoisotopic (exact) mass is 361 g/mol. The van der Waals surface area contributed by atoms with E-state index in [9.17, 15) is 9.18 Å². The smallest absolute Gasteiger partial charge is 0.274 e. The molecule has 1 amide bonds. The molecule has 6 nitrogen and oxygen atoms in total. The quantitative estimate of drug-likeness (QED) is 0.724. The first-order valence-electron chi connectivity index (χ1n) is 8.19. The number of nitrogens with one attached hydrogen (secondary N) is 2. The number of nitrogens with zero attached hydrogens (tertiary/aromatic N) is 3. The average Bonchev–Trinajstić information content (AvgIpc) is 2.67. The predicted molar refractivity (Wildman–Crippen MR) is 99.6 cm³/mol. The van der Waals surface area contributed by atoms with Gasteiger partial charge in [-0.2, -0.15) is 5.26 Å². The van der Waals surface area contributed by atoms with E-state index in [0.29, 0.717) is 28.5 Å². The highest BCUT2D eigenvalue weighted by molar-refractivity contribution is 6.03. The van der Waals surface area contributed by atoms with Gasteiger partial charge in [-0.25, -0.2) is 14.4 Å². The number of halogens is 1. The van der Waals surface area contributed by atoms with Gasteiger partial charge in [0.1, 0.15) is 23.2 Å². The number of aromatic nitrogens is 2. The molecule has 0 bridgehead atoms. The fourth-order valence-corrected chi connectivity index (χ4v) is 2.43. The summed E-state index contributed by atoms with van der Waals surface area (Å²) in [5.41, 5.74) is 1.74. The highest BCUT2D eigenvalue weighted by Gasteiger charge is 2.11. The molecule has 0 atom stereocenters. The molecule has 1 aromatic heterocycles. The molecular formula is C20H16FN5O. The summed E-state index contributed by atoms with van der Waals surface area (Å²) in [4.78, 5) is 20.8. The molecule has 3 rings (SSSR count). The first kappa shape index (κ1) is 18.0. The fraction of sp³-hybridized carbons (Fsp3) is 0.100. The Balaban J connectivity index is 1.73. The van der Waals surface area contributed by atoms with Gasteiger partial charge in [0, 0.05) is 23.9 Å². The maximum atomic E-state index is 13.7. The Morgan fingerprint density at radius 2 is 1.89 bits per heavy atom. The van der Waals surface area contributed by atoms with Crippen LogP contribution in [0.3, 0.4) is 0 Å². The number of anilines is 2. The van der Waals surface area contributed by atoms with Crippen LogP contribution in [0.15, 0.2) is 54.6 Å². The molecular weight excluding hydrogens is 345 g/mol. The standard InChI is InChI=1S/C20H16FN5O/c1-13-24-18(20(27)26-16-8-6-14(11-22)7-9-16)10-19(25-13)23-12-15-4-2-3-5-17(15)21/h2-10H,12H2,1H3,(H,26,27)(H,23,24,25). The van der Waals surface area contributed by atoms with Gasteiger partial charge in [-0.05, 0) is 37.3 Å². The van der Waals surface area contributed by atoms with Crippen LogP contribution in [0.4, 0.5) is 15.9 Å². The molecule has 0 radical (unpaired) electrons. The Morgan fingerprint density at radius 3 is 2.59 bits per heavy atom. The number of benzene rings is 2. The number of aryl methyl sites for hydroxylation is 1. The van der Waals surface area contributed by atoms with Crippen LogP contribution in [0.5, 0.6) is 0 Å². The summed E-state index contributed by atoms with van der Waals surface area (Å²) in [5.74, 6) is 0.128. The summed E-state index contributed by atoms with van der Waals surface area (Å²) in [6, 6.07) is 16.5. The van der Waals surface area contributed by atoms with Crippen LogP contribution in [-0.4, -0.2) is 15.9 Å². The minimum Gasteiger partial charge on any atom is -0.366 e. The molecule has 134 valence electrons. The third-order valence-corrected chi connectivity index (χ3v) is 3.76. The number of amides is 1. The topological polar surface area (TPSA) is 90.7 Å². The second-order valence-corrected chi connectivity index (χ2v) is 5.77. The van der Waals surface area contributed by atoms with Crippen LogP contribution in [0.1, 0.15) is 27.4 Å². The first-order chi connectivity index (χ1) is 13.0. The number of carbonyl (C=O) groups excluding carboxylic acids is 1. The molecule has 7 heteroatoms. The zero-order valence-corrected chi connectivity index (χ0v) is 14.5. The first-order valence-corrected chi connectivity index (χ1v) is 8.19. The van der Waals surface area contributed by atoms with E-state index in [0.717, 1.165) is 0 Å². The van der Waals surface area contributed by atoms with Crippen molar-refractivity contribution in [3.63, 3.8) is 0 Å². The van der Waals surface area contributed by atoms with Gasteiger partial charge in [0.15, 0.2) is 0 Å². The molecule has 2 N–H and O–H groups in total.